The molecule has 0 amide bonds. The summed E-state index contributed by atoms with van der Waals surface area (Å²) in [6, 6.07) is 24.5. The predicted molar refractivity (Wildman–Crippen MR) is 123 cm³/mol. The van der Waals surface area contributed by atoms with Gasteiger partial charge in [0.25, 0.3) is 0 Å². The van der Waals surface area contributed by atoms with E-state index in [4.69, 9.17) is 14.6 Å². The molecule has 0 aliphatic carbocycles. The molecule has 0 fully saturated rings. The summed E-state index contributed by atoms with van der Waals surface area (Å²) in [5.41, 5.74) is 2.47. The second-order valence-electron chi connectivity index (χ2n) is 7.04. The van der Waals surface area contributed by atoms with Gasteiger partial charge in [0.05, 0.1) is 10.6 Å². The Balaban J connectivity index is 1.44. The van der Waals surface area contributed by atoms with Crippen molar-refractivity contribution in [3.8, 4) is 22.7 Å². The van der Waals surface area contributed by atoms with Crippen molar-refractivity contribution in [2.24, 2.45) is 5.14 Å². The fraction of sp³-hybridized carbons (Fsp3) is 0.0833. The minimum Gasteiger partial charge on any atom is -0.490 e. The number of nitrogens with zero attached hydrogens (tertiary/aromatic N) is 2. The molecule has 0 aliphatic heterocycles. The molecule has 0 saturated heterocycles. The Morgan fingerprint density at radius 1 is 0.879 bits per heavy atom. The molecular formula is C24H21N3O5S. The molecule has 9 heteroatoms. The van der Waals surface area contributed by atoms with E-state index in [9.17, 15) is 13.2 Å². The van der Waals surface area contributed by atoms with Crippen LogP contribution in [0.3, 0.4) is 0 Å². The van der Waals surface area contributed by atoms with Gasteiger partial charge in [0, 0.05) is 11.8 Å². The minimum atomic E-state index is -3.76. The van der Waals surface area contributed by atoms with Crippen LogP contribution in [-0.4, -0.2) is 37.4 Å². The van der Waals surface area contributed by atoms with Crippen LogP contribution in [0.5, 0.6) is 5.75 Å². The maximum Gasteiger partial charge on any atom is 0.342 e. The van der Waals surface area contributed by atoms with Gasteiger partial charge in [-0.2, -0.15) is 5.10 Å². The lowest BCUT2D eigenvalue weighted by Gasteiger charge is -2.08. The molecule has 0 unspecified atom stereocenters. The normalized spacial score (nSPS) is 11.2. The lowest BCUT2D eigenvalue weighted by Crippen LogP contribution is -2.13. The number of rotatable bonds is 8. The fourth-order valence-corrected chi connectivity index (χ4v) is 3.66. The molecule has 4 rings (SSSR count). The van der Waals surface area contributed by atoms with Crippen LogP contribution < -0.4 is 9.88 Å². The average Bonchev–Trinajstić information content (AvgIpc) is 3.28. The van der Waals surface area contributed by atoms with Gasteiger partial charge in [-0.15, -0.1) is 0 Å². The third-order valence-electron chi connectivity index (χ3n) is 4.74. The van der Waals surface area contributed by atoms with E-state index < -0.39 is 16.0 Å². The first-order chi connectivity index (χ1) is 15.9. The number of carbonyl (C=O) groups excluding carboxylic acids is 1. The van der Waals surface area contributed by atoms with Gasteiger partial charge in [-0.1, -0.05) is 48.5 Å². The molecule has 1 aromatic heterocycles. The molecule has 2 N–H and O–H groups in total. The highest BCUT2D eigenvalue weighted by atomic mass is 32.2. The SMILES string of the molecule is NS(=O)(=O)c1ccc(OCCOC(=O)c2cn(-c3ccccc3)nc2-c2ccccc2)cc1. The van der Waals surface area contributed by atoms with Gasteiger partial charge in [-0.25, -0.2) is 23.0 Å². The van der Waals surface area contributed by atoms with E-state index in [1.165, 1.54) is 24.3 Å². The molecular weight excluding hydrogens is 442 g/mol. The van der Waals surface area contributed by atoms with E-state index in [0.717, 1.165) is 11.3 Å². The van der Waals surface area contributed by atoms with Gasteiger partial charge >= 0.3 is 5.97 Å². The molecule has 168 valence electrons. The number of primary sulfonamides is 1. The topological polar surface area (TPSA) is 114 Å². The number of sulfonamides is 1. The second kappa shape index (κ2) is 9.68. The van der Waals surface area contributed by atoms with E-state index >= 15 is 0 Å². The van der Waals surface area contributed by atoms with Crippen LogP contribution in [0.2, 0.25) is 0 Å². The van der Waals surface area contributed by atoms with Crippen molar-refractivity contribution in [1.82, 2.24) is 9.78 Å². The smallest absolute Gasteiger partial charge is 0.342 e. The molecule has 1 heterocycles. The summed E-state index contributed by atoms with van der Waals surface area (Å²) in [6.45, 7) is 0.0917. The molecule has 0 aliphatic rings. The summed E-state index contributed by atoms with van der Waals surface area (Å²) in [7, 11) is -3.76. The van der Waals surface area contributed by atoms with Gasteiger partial charge in [0.1, 0.15) is 30.2 Å². The largest absolute Gasteiger partial charge is 0.490 e. The van der Waals surface area contributed by atoms with E-state index in [0.29, 0.717) is 17.0 Å². The molecule has 0 bridgehead atoms. The van der Waals surface area contributed by atoms with Crippen molar-refractivity contribution in [3.63, 3.8) is 0 Å². The average molecular weight is 464 g/mol. The summed E-state index contributed by atoms with van der Waals surface area (Å²) >= 11 is 0. The van der Waals surface area contributed by atoms with E-state index in [1.54, 1.807) is 10.9 Å². The van der Waals surface area contributed by atoms with Gasteiger partial charge in [-0.05, 0) is 36.4 Å². The Kier molecular flexibility index (Phi) is 6.53. The van der Waals surface area contributed by atoms with Crippen molar-refractivity contribution in [1.29, 1.82) is 0 Å². The molecule has 3 aromatic carbocycles. The zero-order valence-electron chi connectivity index (χ0n) is 17.5. The Labute approximate surface area is 191 Å². The van der Waals surface area contributed by atoms with Crippen molar-refractivity contribution in [2.45, 2.75) is 4.90 Å². The molecule has 0 atom stereocenters. The van der Waals surface area contributed by atoms with Gasteiger partial charge in [0.15, 0.2) is 0 Å². The highest BCUT2D eigenvalue weighted by molar-refractivity contribution is 7.89. The van der Waals surface area contributed by atoms with Gasteiger partial charge in [-0.3, -0.25) is 0 Å². The third-order valence-corrected chi connectivity index (χ3v) is 5.67. The minimum absolute atomic E-state index is 0.000515. The van der Waals surface area contributed by atoms with E-state index in [1.807, 2.05) is 60.7 Å². The van der Waals surface area contributed by atoms with Crippen LogP contribution in [0.1, 0.15) is 10.4 Å². The van der Waals surface area contributed by atoms with Crippen LogP contribution in [0, 0.1) is 0 Å². The molecule has 33 heavy (non-hydrogen) atoms. The van der Waals surface area contributed by atoms with Crippen LogP contribution in [0.25, 0.3) is 16.9 Å². The van der Waals surface area contributed by atoms with Gasteiger partial charge in [0.2, 0.25) is 10.0 Å². The monoisotopic (exact) mass is 463 g/mol. The zero-order valence-corrected chi connectivity index (χ0v) is 18.3. The first kappa shape index (κ1) is 22.3. The lowest BCUT2D eigenvalue weighted by molar-refractivity contribution is 0.0451. The number of esters is 1. The third kappa shape index (κ3) is 5.46. The Morgan fingerprint density at radius 2 is 1.52 bits per heavy atom. The van der Waals surface area contributed by atoms with Crippen LogP contribution >= 0.6 is 0 Å². The molecule has 0 radical (unpaired) electrons. The van der Waals surface area contributed by atoms with Gasteiger partial charge < -0.3 is 9.47 Å². The fourth-order valence-electron chi connectivity index (χ4n) is 3.14. The number of para-hydroxylation sites is 1. The van der Waals surface area contributed by atoms with E-state index in [-0.39, 0.29) is 18.1 Å². The summed E-state index contributed by atoms with van der Waals surface area (Å²) < 4.78 is 35.2. The molecule has 4 aromatic rings. The maximum atomic E-state index is 12.8. The van der Waals surface area contributed by atoms with Crippen molar-refractivity contribution in [2.75, 3.05) is 13.2 Å². The summed E-state index contributed by atoms with van der Waals surface area (Å²) in [4.78, 5) is 12.8. The summed E-state index contributed by atoms with van der Waals surface area (Å²) in [5, 5.41) is 9.68. The number of hydrogen-bond acceptors (Lipinski definition) is 6. The Morgan fingerprint density at radius 3 is 2.15 bits per heavy atom. The molecule has 8 nitrogen and oxygen atoms in total. The Hall–Kier alpha value is -3.95. The first-order valence-electron chi connectivity index (χ1n) is 10.0. The molecule has 0 saturated carbocycles. The van der Waals surface area contributed by atoms with Crippen molar-refractivity contribution < 1.29 is 22.7 Å². The summed E-state index contributed by atoms with van der Waals surface area (Å²) in [6.07, 6.45) is 1.65. The van der Waals surface area contributed by atoms with Crippen molar-refractivity contribution in [3.05, 3.63) is 96.7 Å². The zero-order chi connectivity index (χ0) is 23.3. The van der Waals surface area contributed by atoms with E-state index in [2.05, 4.69) is 5.10 Å². The highest BCUT2D eigenvalue weighted by Gasteiger charge is 2.20. The number of hydrogen-bond donors (Lipinski definition) is 1. The first-order valence-corrected chi connectivity index (χ1v) is 11.6. The number of nitrogens with two attached hydrogens (primary N) is 1. The second-order valence-corrected chi connectivity index (χ2v) is 8.60. The maximum absolute atomic E-state index is 12.8. The quantitative estimate of drug-likeness (QED) is 0.316. The van der Waals surface area contributed by atoms with Crippen LogP contribution in [0.15, 0.2) is 96.0 Å². The standard InChI is InChI=1S/C24H21N3O5S/c25-33(29,30)21-13-11-20(12-14-21)31-15-16-32-24(28)22-17-27(19-9-5-2-6-10-19)26-23(22)18-7-3-1-4-8-18/h1-14,17H,15-16H2,(H2,25,29,30). The predicted octanol–water partition coefficient (Wildman–Crippen LogP) is 3.42. The number of aromatic nitrogens is 2. The summed E-state index contributed by atoms with van der Waals surface area (Å²) in [5.74, 6) is -0.0930. The molecule has 0 spiro atoms. The lowest BCUT2D eigenvalue weighted by atomic mass is 10.1. The van der Waals surface area contributed by atoms with Crippen LogP contribution in [-0.2, 0) is 14.8 Å². The number of ether oxygens (including phenoxy) is 2. The number of benzene rings is 3. The highest BCUT2D eigenvalue weighted by Crippen LogP contribution is 2.24. The Bertz CT molecular complexity index is 1340. The van der Waals surface area contributed by atoms with Crippen LogP contribution in [0.4, 0.5) is 0 Å². The van der Waals surface area contributed by atoms with Crippen molar-refractivity contribution >= 4 is 16.0 Å². The number of carbonyl (C=O) groups is 1.